The van der Waals surface area contributed by atoms with Crippen molar-refractivity contribution in [2.24, 2.45) is 0 Å². The molecule has 1 saturated heterocycles. The Morgan fingerprint density at radius 1 is 0.909 bits per heavy atom. The minimum atomic E-state index is -0.0756. The number of hydrogen-bond donors (Lipinski definition) is 1. The predicted molar refractivity (Wildman–Crippen MR) is 139 cm³/mol. The summed E-state index contributed by atoms with van der Waals surface area (Å²) in [5, 5.41) is 4.97. The number of aryl methyl sites for hydroxylation is 2. The number of thiocarbonyl (C=S) groups is 1. The number of hydrogen-bond acceptors (Lipinski definition) is 2. The maximum atomic E-state index is 6.31. The van der Waals surface area contributed by atoms with E-state index in [0.29, 0.717) is 5.11 Å². The maximum Gasteiger partial charge on any atom is 0.174 e. The van der Waals surface area contributed by atoms with E-state index in [9.17, 15) is 0 Å². The van der Waals surface area contributed by atoms with Crippen LogP contribution in [0.2, 0.25) is 5.02 Å². The van der Waals surface area contributed by atoms with Crippen LogP contribution in [0.3, 0.4) is 0 Å². The first-order valence-corrected chi connectivity index (χ1v) is 11.7. The summed E-state index contributed by atoms with van der Waals surface area (Å²) in [6, 6.07) is 24.6. The Morgan fingerprint density at radius 2 is 1.70 bits per heavy atom. The molecule has 0 spiro atoms. The molecule has 0 saturated carbocycles. The molecule has 33 heavy (non-hydrogen) atoms. The zero-order valence-corrected chi connectivity index (χ0v) is 20.4. The van der Waals surface area contributed by atoms with Crippen molar-refractivity contribution < 1.29 is 0 Å². The van der Waals surface area contributed by atoms with E-state index in [-0.39, 0.29) is 12.1 Å². The zero-order chi connectivity index (χ0) is 23.1. The van der Waals surface area contributed by atoms with E-state index in [1.54, 1.807) is 0 Å². The monoisotopic (exact) mass is 472 g/mol. The third kappa shape index (κ3) is 3.92. The third-order valence-electron chi connectivity index (χ3n) is 6.27. The number of aromatic nitrogens is 2. The van der Waals surface area contributed by atoms with Gasteiger partial charge in [0.25, 0.3) is 0 Å². The van der Waals surface area contributed by atoms with Crippen LogP contribution in [0.5, 0.6) is 0 Å². The van der Waals surface area contributed by atoms with Crippen molar-refractivity contribution in [3.05, 3.63) is 112 Å². The molecule has 0 bridgehead atoms. The van der Waals surface area contributed by atoms with Crippen molar-refractivity contribution in [2.75, 3.05) is 4.90 Å². The first-order chi connectivity index (χ1) is 15.9. The van der Waals surface area contributed by atoms with E-state index in [1.165, 1.54) is 11.1 Å². The number of anilines is 1. The summed E-state index contributed by atoms with van der Waals surface area (Å²) in [6.45, 7) is 6.38. The number of benzene rings is 2. The van der Waals surface area contributed by atoms with Crippen molar-refractivity contribution in [1.82, 2.24) is 14.9 Å². The second-order valence-corrected chi connectivity index (χ2v) is 9.30. The van der Waals surface area contributed by atoms with Crippen molar-refractivity contribution >= 4 is 34.6 Å². The van der Waals surface area contributed by atoms with Crippen molar-refractivity contribution in [1.29, 1.82) is 0 Å². The van der Waals surface area contributed by atoms with Gasteiger partial charge in [-0.15, -0.1) is 0 Å². The molecule has 1 fully saturated rings. The highest BCUT2D eigenvalue weighted by Gasteiger charge is 2.42. The van der Waals surface area contributed by atoms with Gasteiger partial charge in [-0.2, -0.15) is 0 Å². The summed E-state index contributed by atoms with van der Waals surface area (Å²) >= 11 is 12.2. The summed E-state index contributed by atoms with van der Waals surface area (Å²) in [7, 11) is 0. The fraction of sp³-hybridized carbons (Fsp3) is 0.185. The normalized spacial score (nSPS) is 17.9. The maximum absolute atomic E-state index is 6.31. The molecule has 166 valence electrons. The standard InChI is InChI=1S/C27H25ClN4S/c1-17-10-12-21(13-11-17)32-26(25(30-27(32)33)24-9-4-5-14-29-24)23-15-18(2)31(19(23)3)22-8-6-7-20(28)16-22/h4-16,25-26H,1-3H3,(H,30,33)/t25-,26-/m0/s1. The van der Waals surface area contributed by atoms with Crippen LogP contribution in [0.15, 0.2) is 79.0 Å². The van der Waals surface area contributed by atoms with Crippen LogP contribution in [-0.2, 0) is 0 Å². The number of halogens is 1. The Morgan fingerprint density at radius 3 is 2.39 bits per heavy atom. The van der Waals surface area contributed by atoms with Crippen molar-refractivity contribution in [3.8, 4) is 5.69 Å². The molecule has 0 unspecified atom stereocenters. The van der Waals surface area contributed by atoms with Gasteiger partial charge in [0.1, 0.15) is 0 Å². The van der Waals surface area contributed by atoms with Crippen molar-refractivity contribution in [3.63, 3.8) is 0 Å². The summed E-state index contributed by atoms with van der Waals surface area (Å²) in [6.07, 6.45) is 1.83. The Balaban J connectivity index is 1.68. The topological polar surface area (TPSA) is 33.1 Å². The second-order valence-electron chi connectivity index (χ2n) is 8.47. The summed E-state index contributed by atoms with van der Waals surface area (Å²) in [5.74, 6) is 0. The number of nitrogens with zero attached hydrogens (tertiary/aromatic N) is 3. The van der Waals surface area contributed by atoms with Gasteiger partial charge in [-0.3, -0.25) is 4.98 Å². The van der Waals surface area contributed by atoms with Gasteiger partial charge in [-0.05, 0) is 87.1 Å². The van der Waals surface area contributed by atoms with Gasteiger partial charge >= 0.3 is 0 Å². The second kappa shape index (κ2) is 8.65. The fourth-order valence-electron chi connectivity index (χ4n) is 4.75. The molecule has 0 aliphatic carbocycles. The van der Waals surface area contributed by atoms with Gasteiger partial charge in [0.05, 0.1) is 17.8 Å². The first-order valence-electron chi connectivity index (χ1n) is 11.0. The van der Waals surface area contributed by atoms with Gasteiger partial charge < -0.3 is 14.8 Å². The highest BCUT2D eigenvalue weighted by atomic mass is 35.5. The molecule has 2 aromatic carbocycles. The van der Waals surface area contributed by atoms with Crippen LogP contribution in [0.1, 0.15) is 40.3 Å². The molecule has 6 heteroatoms. The lowest BCUT2D eigenvalue weighted by Gasteiger charge is -2.28. The molecule has 1 aliphatic heterocycles. The van der Waals surface area contributed by atoms with Crippen LogP contribution < -0.4 is 10.2 Å². The molecule has 0 amide bonds. The molecule has 0 radical (unpaired) electrons. The van der Waals surface area contributed by atoms with Crippen LogP contribution in [0, 0.1) is 20.8 Å². The Labute approximate surface area is 204 Å². The van der Waals surface area contributed by atoms with Gasteiger partial charge in [0, 0.05) is 34.0 Å². The molecule has 1 N–H and O–H groups in total. The number of pyridine rings is 1. The zero-order valence-electron chi connectivity index (χ0n) is 18.8. The first kappa shape index (κ1) is 21.7. The summed E-state index contributed by atoms with van der Waals surface area (Å²) in [4.78, 5) is 6.89. The molecule has 4 aromatic rings. The van der Waals surface area contributed by atoms with Crippen LogP contribution >= 0.6 is 23.8 Å². The predicted octanol–water partition coefficient (Wildman–Crippen LogP) is 6.63. The van der Waals surface area contributed by atoms with E-state index < -0.39 is 0 Å². The number of rotatable bonds is 4. The average molecular weight is 473 g/mol. The number of nitrogens with one attached hydrogen (secondary N) is 1. The van der Waals surface area contributed by atoms with E-state index in [0.717, 1.165) is 33.5 Å². The molecule has 1 aliphatic rings. The molecule has 4 nitrogen and oxygen atoms in total. The molecule has 2 aromatic heterocycles. The van der Waals surface area contributed by atoms with E-state index in [4.69, 9.17) is 23.8 Å². The van der Waals surface area contributed by atoms with Crippen LogP contribution in [0.4, 0.5) is 5.69 Å². The van der Waals surface area contributed by atoms with Gasteiger partial charge in [0.2, 0.25) is 0 Å². The van der Waals surface area contributed by atoms with Crippen LogP contribution in [-0.4, -0.2) is 14.7 Å². The molecule has 5 rings (SSSR count). The minimum absolute atomic E-state index is 0.0470. The van der Waals surface area contributed by atoms with Gasteiger partial charge in [-0.1, -0.05) is 41.4 Å². The summed E-state index contributed by atoms with van der Waals surface area (Å²) < 4.78 is 2.26. The molecule has 3 heterocycles. The van der Waals surface area contributed by atoms with E-state index >= 15 is 0 Å². The molecule has 2 atom stereocenters. The Bertz CT molecular complexity index is 1310. The fourth-order valence-corrected chi connectivity index (χ4v) is 5.28. The van der Waals surface area contributed by atoms with Crippen LogP contribution in [0.25, 0.3) is 5.69 Å². The van der Waals surface area contributed by atoms with Gasteiger partial charge in [0.15, 0.2) is 5.11 Å². The summed E-state index contributed by atoms with van der Waals surface area (Å²) in [5.41, 5.74) is 7.80. The Hall–Kier alpha value is -3.15. The van der Waals surface area contributed by atoms with E-state index in [1.807, 2.05) is 36.5 Å². The van der Waals surface area contributed by atoms with Crippen molar-refractivity contribution in [2.45, 2.75) is 32.9 Å². The lowest BCUT2D eigenvalue weighted by molar-refractivity contribution is 0.565. The lowest BCUT2D eigenvalue weighted by Crippen LogP contribution is -2.29. The third-order valence-corrected chi connectivity index (χ3v) is 6.82. The quantitative estimate of drug-likeness (QED) is 0.338. The largest absolute Gasteiger partial charge is 0.351 e. The Kier molecular flexibility index (Phi) is 5.69. The average Bonchev–Trinajstić information content (AvgIpc) is 3.30. The minimum Gasteiger partial charge on any atom is -0.351 e. The lowest BCUT2D eigenvalue weighted by atomic mass is 9.96. The molecular weight excluding hydrogens is 448 g/mol. The highest BCUT2D eigenvalue weighted by molar-refractivity contribution is 7.80. The highest BCUT2D eigenvalue weighted by Crippen LogP contribution is 2.43. The smallest absolute Gasteiger partial charge is 0.174 e. The van der Waals surface area contributed by atoms with E-state index in [2.05, 4.69) is 83.0 Å². The molecular formula is C27H25ClN4S. The van der Waals surface area contributed by atoms with Gasteiger partial charge in [-0.25, -0.2) is 0 Å². The SMILES string of the molecule is Cc1ccc(N2C(=S)N[C@@H](c3ccccn3)[C@@H]2c2cc(C)n(-c3cccc(Cl)c3)c2C)cc1.